The molecule has 8 bridgehead atoms. The Morgan fingerprint density at radius 2 is 0.537 bits per heavy atom. The van der Waals surface area contributed by atoms with Crippen LogP contribution < -0.4 is 42.5 Å². The van der Waals surface area contributed by atoms with Gasteiger partial charge in [-0.2, -0.15) is 0 Å². The van der Waals surface area contributed by atoms with Crippen molar-refractivity contribution in [1.82, 2.24) is 19.6 Å². The van der Waals surface area contributed by atoms with Crippen molar-refractivity contribution in [3.8, 4) is 0 Å². The van der Waals surface area contributed by atoms with Crippen LogP contribution in [0.4, 0.5) is 45.5 Å². The number of nitrogens with zero attached hydrogens (tertiary/aromatic N) is 6. The second kappa shape index (κ2) is 48.4. The zero-order valence-corrected chi connectivity index (χ0v) is 72.1. The summed E-state index contributed by atoms with van der Waals surface area (Å²) in [5, 5.41) is 12.0. The van der Waals surface area contributed by atoms with Gasteiger partial charge in [0.2, 0.25) is 34.1 Å². The smallest absolute Gasteiger partial charge is 0.236 e. The lowest BCUT2D eigenvalue weighted by Gasteiger charge is -2.54. The van der Waals surface area contributed by atoms with Gasteiger partial charge in [-0.25, -0.2) is 0 Å². The lowest BCUT2D eigenvalue weighted by atomic mass is 9.78. The summed E-state index contributed by atoms with van der Waals surface area (Å²) in [5.41, 5.74) is 19.7. The van der Waals surface area contributed by atoms with Gasteiger partial charge in [-0.1, -0.05) is 232 Å². The number of carbonyl (C=O) groups excluding carboxylic acids is 6. The minimum Gasteiger partial charge on any atom is -0.397 e. The molecule has 12 atom stereocenters. The van der Waals surface area contributed by atoms with E-state index in [9.17, 15) is 28.8 Å². The highest BCUT2D eigenvalue weighted by molar-refractivity contribution is 6.72. The molecule has 10 aliphatic heterocycles. The number of hydrogen-bond acceptors (Lipinski definition) is 14. The molecule has 10 heterocycles. The van der Waals surface area contributed by atoms with Crippen LogP contribution in [0.2, 0.25) is 0 Å². The number of piperidine rings is 8. The molecule has 12 fully saturated rings. The molecule has 0 spiro atoms. The third kappa shape index (κ3) is 26.0. The van der Waals surface area contributed by atoms with E-state index >= 15 is 0 Å². The van der Waals surface area contributed by atoms with Gasteiger partial charge < -0.3 is 42.5 Å². The maximum Gasteiger partial charge on any atom is 0.236 e. The molecule has 8 N–H and O–H groups in total. The Morgan fingerprint density at radius 1 is 0.306 bits per heavy atom. The number of amides is 4. The molecule has 121 heavy (non-hydrogen) atoms. The Labute approximate surface area is 740 Å². The summed E-state index contributed by atoms with van der Waals surface area (Å²) in [5.74, 6) is -0.468. The number of halogens is 2. The molecule has 0 aromatic heterocycles. The molecule has 18 nitrogen and oxygen atoms in total. The standard InChI is InChI=1S/2C25H35N3O2.2C22H35N3.C3H2Cl2O2.4CH4/c2*29-24-17-25(30)28(23-14-7-6-13-22(23)26-24)21-15-19-11-8-12-20(16-21)27(19)18-9-4-2-1-3-5-10-18;2*23-21-13-6-7-14-22(21)24-17-15-19-11-8-12-20(16-17)25(19)18-9-4-2-1-3-5-10-18;4-2(6)1-3(5)7;;;;/h2*6-7,13-14,18-21H,1-5,8-12,15-17H2,(H,26,29);2*6-7,13-14,17-20,24H,1-5,8-12,15-16,23H2;1H2;4*1H4/t2*19-,20+,21?;2*17?,19-,20+;;;;;. The van der Waals surface area contributed by atoms with Crippen LogP contribution in [0.25, 0.3) is 0 Å². The van der Waals surface area contributed by atoms with Crippen LogP contribution in [0.15, 0.2) is 97.1 Å². The average Bonchev–Trinajstić information content (AvgIpc) is 1.73. The van der Waals surface area contributed by atoms with Crippen LogP contribution in [-0.2, 0) is 28.8 Å². The highest BCUT2D eigenvalue weighted by atomic mass is 35.5. The van der Waals surface area contributed by atoms with E-state index in [-0.39, 0.29) is 84.7 Å². The molecule has 20 heteroatoms. The Balaban J connectivity index is 0.000000163. The van der Waals surface area contributed by atoms with Crippen molar-refractivity contribution < 1.29 is 28.8 Å². The zero-order chi connectivity index (χ0) is 81.0. The highest BCUT2D eigenvalue weighted by Crippen LogP contribution is 2.48. The summed E-state index contributed by atoms with van der Waals surface area (Å²) in [6, 6.07) is 42.4. The van der Waals surface area contributed by atoms with Gasteiger partial charge in [-0.3, -0.25) is 48.4 Å². The molecule has 4 aromatic rings. The Kier molecular flexibility index (Phi) is 38.8. The maximum absolute atomic E-state index is 13.1. The molecular formula is C101H158Cl2N12O6. The first kappa shape index (κ1) is 96.9. The molecule has 4 aromatic carbocycles. The first-order valence-electron chi connectivity index (χ1n) is 47.3. The van der Waals surface area contributed by atoms with Gasteiger partial charge >= 0.3 is 0 Å². The fraction of sp³-hybridized carbons (Fsp3) is 0.703. The number of hydrogen-bond donors (Lipinski definition) is 6. The summed E-state index contributed by atoms with van der Waals surface area (Å²) < 4.78 is 0. The van der Waals surface area contributed by atoms with Crippen LogP contribution in [0.5, 0.6) is 0 Å². The lowest BCUT2D eigenvalue weighted by molar-refractivity contribution is -0.127. The van der Waals surface area contributed by atoms with Crippen LogP contribution in [0.1, 0.15) is 357 Å². The van der Waals surface area contributed by atoms with Crippen molar-refractivity contribution in [2.24, 2.45) is 0 Å². The summed E-state index contributed by atoms with van der Waals surface area (Å²) >= 11 is 9.46. The van der Waals surface area contributed by atoms with Crippen molar-refractivity contribution >= 4 is 103 Å². The van der Waals surface area contributed by atoms with Crippen LogP contribution in [-0.4, -0.2) is 150 Å². The zero-order valence-electron chi connectivity index (χ0n) is 70.6. The average molecular weight is 1710 g/mol. The van der Waals surface area contributed by atoms with E-state index in [0.29, 0.717) is 36.3 Å². The number of nitrogen functional groups attached to an aromatic ring is 2. The van der Waals surface area contributed by atoms with E-state index in [0.717, 1.165) is 120 Å². The highest BCUT2D eigenvalue weighted by Gasteiger charge is 2.49. The number of nitrogens with two attached hydrogens (primary N) is 2. The first-order chi connectivity index (χ1) is 57.2. The third-order valence-corrected chi connectivity index (χ3v) is 30.0. The Morgan fingerprint density at radius 3 is 0.793 bits per heavy atom. The largest absolute Gasteiger partial charge is 0.397 e. The van der Waals surface area contributed by atoms with Crippen molar-refractivity contribution in [2.45, 2.75) is 454 Å². The lowest BCUT2D eigenvalue weighted by Crippen LogP contribution is -2.60. The van der Waals surface area contributed by atoms with Crippen molar-refractivity contribution in [2.75, 3.05) is 42.5 Å². The molecule has 4 unspecified atom stereocenters. The molecule has 8 saturated heterocycles. The van der Waals surface area contributed by atoms with Gasteiger partial charge in [0, 0.05) is 96.7 Å². The van der Waals surface area contributed by atoms with E-state index < -0.39 is 10.5 Å². The quantitative estimate of drug-likeness (QED) is 0.0441. The SMILES string of the molecule is C.C.C.C.Nc1ccccc1NC1C[C@H]2CCC[C@@H](C1)N2C1CCCCCCC1.Nc1ccccc1NC1C[C@H]2CCC[C@@H](C1)N2C1CCCCCCC1.O=C(Cl)CC(=O)Cl.O=C1CC(=O)N(C2C[C@H]3CCC[C@@H](C2)N3C2CCCCCCC2)c2ccccc2N1.O=C1CC(=O)N(C2C[C@H]3CCC[C@@H](C2)N3C2CCCCCCC2)c2ccccc2N1. The third-order valence-electron chi connectivity index (χ3n) is 29.7. The number of anilines is 8. The van der Waals surface area contributed by atoms with Crippen molar-refractivity contribution in [3.63, 3.8) is 0 Å². The molecule has 672 valence electrons. The normalized spacial score (nSPS) is 29.2. The van der Waals surface area contributed by atoms with Gasteiger partial charge in [-0.15, -0.1) is 0 Å². The van der Waals surface area contributed by atoms with E-state index in [1.165, 1.54) is 283 Å². The molecule has 0 radical (unpaired) electrons. The van der Waals surface area contributed by atoms with E-state index in [2.05, 4.69) is 65.1 Å². The second-order valence-electron chi connectivity index (χ2n) is 37.7. The first-order valence-corrected chi connectivity index (χ1v) is 48.0. The number of benzene rings is 4. The van der Waals surface area contributed by atoms with E-state index in [1.807, 2.05) is 82.6 Å². The van der Waals surface area contributed by atoms with Crippen molar-refractivity contribution in [1.29, 1.82) is 0 Å². The van der Waals surface area contributed by atoms with Gasteiger partial charge in [0.15, 0.2) is 0 Å². The van der Waals surface area contributed by atoms with Crippen LogP contribution in [0.3, 0.4) is 0 Å². The summed E-state index contributed by atoms with van der Waals surface area (Å²) in [6.45, 7) is 0. The van der Waals surface area contributed by atoms with Crippen LogP contribution >= 0.6 is 23.2 Å². The predicted octanol–water partition coefficient (Wildman–Crippen LogP) is 23.5. The van der Waals surface area contributed by atoms with Crippen LogP contribution in [0, 0.1) is 0 Å². The fourth-order valence-electron chi connectivity index (χ4n) is 24.9. The fourth-order valence-corrected chi connectivity index (χ4v) is 25.2. The van der Waals surface area contributed by atoms with Crippen molar-refractivity contribution in [3.05, 3.63) is 97.1 Å². The van der Waals surface area contributed by atoms with Gasteiger partial charge in [0.1, 0.15) is 12.8 Å². The van der Waals surface area contributed by atoms with E-state index in [1.54, 1.807) is 0 Å². The van der Waals surface area contributed by atoms with Gasteiger partial charge in [0.05, 0.1) is 51.9 Å². The second-order valence-corrected chi connectivity index (χ2v) is 38.5. The Hall–Kier alpha value is -6.28. The number of carbonyl (C=O) groups is 6. The number of para-hydroxylation sites is 8. The maximum atomic E-state index is 13.1. The number of nitrogens with one attached hydrogen (secondary N) is 4. The summed E-state index contributed by atoms with van der Waals surface area (Å²) in [4.78, 5) is 85.9. The monoisotopic (exact) mass is 1710 g/mol. The van der Waals surface area contributed by atoms with Gasteiger partial charge in [-0.05, 0) is 226 Å². The Bertz CT molecular complexity index is 3550. The summed E-state index contributed by atoms with van der Waals surface area (Å²) in [7, 11) is 0. The summed E-state index contributed by atoms with van der Waals surface area (Å²) in [6.07, 6.45) is 64.5. The molecule has 4 aliphatic carbocycles. The molecule has 4 saturated carbocycles. The topological polar surface area (TPSA) is 222 Å². The molecule has 18 rings (SSSR count). The minimum absolute atomic E-state index is 0. The van der Waals surface area contributed by atoms with E-state index in [4.69, 9.17) is 34.7 Å². The number of rotatable bonds is 12. The molecule has 4 amide bonds. The molecule has 14 aliphatic rings. The number of fused-ring (bicyclic) bond motifs is 10. The predicted molar refractivity (Wildman–Crippen MR) is 506 cm³/mol. The molecular weight excluding hydrogens is 1550 g/mol. The minimum atomic E-state index is -0.722. The van der Waals surface area contributed by atoms with Gasteiger partial charge in [0.25, 0.3) is 0 Å².